The Hall–Kier alpha value is -2.83. The predicted octanol–water partition coefficient (Wildman–Crippen LogP) is 2.41. The van der Waals surface area contributed by atoms with E-state index in [0.717, 1.165) is 13.2 Å². The normalized spacial score (nSPS) is 10.8. The molecule has 1 aliphatic heterocycles. The highest BCUT2D eigenvalue weighted by molar-refractivity contribution is 5.47. The minimum atomic E-state index is 0.778. The van der Waals surface area contributed by atoms with E-state index in [1.165, 1.54) is 25.3 Å². The molecular weight excluding hydrogens is 260 g/mol. The van der Waals surface area contributed by atoms with Gasteiger partial charge in [0.2, 0.25) is 0 Å². The molecule has 7 heteroatoms. The quantitative estimate of drug-likeness (QED) is 0.681. The van der Waals surface area contributed by atoms with Gasteiger partial charge in [0.25, 0.3) is 0 Å². The monoisotopic (exact) mass is 276 g/mol. The number of hydrogen-bond donors (Lipinski definition) is 1. The molecule has 0 radical (unpaired) electrons. The van der Waals surface area contributed by atoms with Gasteiger partial charge in [0.1, 0.15) is 19.1 Å². The Morgan fingerprint density at radius 2 is 1.90 bits per heavy atom. The minimum absolute atomic E-state index is 0.778. The molecule has 106 valence electrons. The molecule has 0 amide bonds. The van der Waals surface area contributed by atoms with Crippen LogP contribution in [0.15, 0.2) is 75.8 Å². The van der Waals surface area contributed by atoms with Crippen molar-refractivity contribution in [2.45, 2.75) is 0 Å². The van der Waals surface area contributed by atoms with E-state index in [0.29, 0.717) is 0 Å². The van der Waals surface area contributed by atoms with Gasteiger partial charge in [-0.05, 0) is 18.2 Å². The Bertz CT molecular complexity index is 358. The fourth-order valence-corrected chi connectivity index (χ4v) is 0.893. The molecule has 0 fully saturated rings. The molecule has 4 heterocycles. The third kappa shape index (κ3) is 10.3. The third-order valence-electron chi connectivity index (χ3n) is 1.68. The molecule has 0 unspecified atom stereocenters. The van der Waals surface area contributed by atoms with Crippen LogP contribution in [0, 0.1) is 0 Å². The zero-order valence-electron chi connectivity index (χ0n) is 10.8. The summed E-state index contributed by atoms with van der Waals surface area (Å²) in [7, 11) is 0. The van der Waals surface area contributed by atoms with Gasteiger partial charge in [-0.2, -0.15) is 0 Å². The maximum Gasteiger partial charge on any atom is 0.180 e. The molecular formula is C13H16N4O3. The van der Waals surface area contributed by atoms with Gasteiger partial charge in [0.05, 0.1) is 18.9 Å². The number of oxazole rings is 1. The number of aromatic nitrogens is 3. The van der Waals surface area contributed by atoms with Crippen molar-refractivity contribution < 1.29 is 13.7 Å². The summed E-state index contributed by atoms with van der Waals surface area (Å²) in [4.78, 5) is 10.2. The van der Waals surface area contributed by atoms with E-state index in [9.17, 15) is 0 Å². The van der Waals surface area contributed by atoms with E-state index in [1.54, 1.807) is 18.5 Å². The zero-order valence-corrected chi connectivity index (χ0v) is 10.8. The first-order chi connectivity index (χ1) is 10.0. The largest absolute Gasteiger partial charge is 0.482 e. The number of H-pyrrole nitrogens is 1. The summed E-state index contributed by atoms with van der Waals surface area (Å²) < 4.78 is 13.5. The molecule has 0 saturated carbocycles. The maximum atomic E-state index is 4.65. The molecule has 1 N–H and O–H groups in total. The Balaban J connectivity index is 0.000000133. The molecule has 0 aliphatic carbocycles. The first-order valence-corrected chi connectivity index (χ1v) is 5.84. The van der Waals surface area contributed by atoms with Crippen LogP contribution in [0.4, 0.5) is 0 Å². The Kier molecular flexibility index (Phi) is 9.61. The van der Waals surface area contributed by atoms with Crippen molar-refractivity contribution in [1.82, 2.24) is 15.1 Å². The zero-order chi connectivity index (χ0) is 14.1. The van der Waals surface area contributed by atoms with Gasteiger partial charge in [0, 0.05) is 12.4 Å². The van der Waals surface area contributed by atoms with Crippen molar-refractivity contribution >= 4 is 6.40 Å². The predicted molar refractivity (Wildman–Crippen MR) is 73.1 cm³/mol. The van der Waals surface area contributed by atoms with Crippen molar-refractivity contribution in [2.24, 2.45) is 4.99 Å². The van der Waals surface area contributed by atoms with Crippen LogP contribution in [0.3, 0.4) is 0 Å². The molecule has 0 spiro atoms. The van der Waals surface area contributed by atoms with Crippen LogP contribution in [-0.4, -0.2) is 34.7 Å². The van der Waals surface area contributed by atoms with Crippen molar-refractivity contribution in [3.8, 4) is 0 Å². The van der Waals surface area contributed by atoms with Gasteiger partial charge in [-0.25, -0.2) is 4.98 Å². The smallest absolute Gasteiger partial charge is 0.180 e. The van der Waals surface area contributed by atoms with Crippen LogP contribution in [0.5, 0.6) is 0 Å². The molecule has 0 bridgehead atoms. The first-order valence-electron chi connectivity index (χ1n) is 5.84. The van der Waals surface area contributed by atoms with Gasteiger partial charge in [-0.1, -0.05) is 5.16 Å². The fourth-order valence-electron chi connectivity index (χ4n) is 0.893. The van der Waals surface area contributed by atoms with E-state index in [4.69, 9.17) is 0 Å². The lowest BCUT2D eigenvalue weighted by Crippen LogP contribution is -1.80. The van der Waals surface area contributed by atoms with Crippen LogP contribution in [0.2, 0.25) is 0 Å². The average Bonchev–Trinajstić information content (AvgIpc) is 3.40. The molecule has 1 aliphatic rings. The molecule has 0 saturated heterocycles. The molecule has 20 heavy (non-hydrogen) atoms. The Morgan fingerprint density at radius 1 is 1.00 bits per heavy atom. The fraction of sp³-hybridized carbons (Fsp3) is 0.154. The molecule has 4 rings (SSSR count). The summed E-state index contributed by atoms with van der Waals surface area (Å²) in [5, 5.41) is 3.35. The number of nitrogens with one attached hydrogen (secondary N) is 1. The van der Waals surface area contributed by atoms with E-state index < -0.39 is 0 Å². The highest BCUT2D eigenvalue weighted by Gasteiger charge is 1.84. The molecule has 0 atom stereocenters. The van der Waals surface area contributed by atoms with E-state index >= 15 is 0 Å². The van der Waals surface area contributed by atoms with Crippen LogP contribution < -0.4 is 0 Å². The third-order valence-corrected chi connectivity index (χ3v) is 1.68. The summed E-state index contributed by atoms with van der Waals surface area (Å²) >= 11 is 0. The van der Waals surface area contributed by atoms with E-state index in [2.05, 4.69) is 33.8 Å². The van der Waals surface area contributed by atoms with Gasteiger partial charge < -0.3 is 18.7 Å². The second-order valence-electron chi connectivity index (χ2n) is 3.13. The van der Waals surface area contributed by atoms with Gasteiger partial charge >= 0.3 is 0 Å². The number of aromatic amines is 1. The summed E-state index contributed by atoms with van der Waals surface area (Å²) in [5.41, 5.74) is 0. The number of nitrogens with zero attached hydrogens (tertiary/aromatic N) is 3. The first kappa shape index (κ1) is 15.2. The van der Waals surface area contributed by atoms with Gasteiger partial charge in [-0.15, -0.1) is 0 Å². The van der Waals surface area contributed by atoms with Crippen LogP contribution in [-0.2, 0) is 4.74 Å². The van der Waals surface area contributed by atoms with Crippen molar-refractivity contribution in [3.05, 3.63) is 61.9 Å². The maximum absolute atomic E-state index is 4.65. The summed E-state index contributed by atoms with van der Waals surface area (Å²) in [6.07, 6.45) is 12.8. The summed E-state index contributed by atoms with van der Waals surface area (Å²) in [6.45, 7) is 1.62. The van der Waals surface area contributed by atoms with E-state index in [-0.39, 0.29) is 0 Å². The average molecular weight is 276 g/mol. The summed E-state index contributed by atoms with van der Waals surface area (Å²) in [6, 6.07) is 5.61. The van der Waals surface area contributed by atoms with E-state index in [1.807, 2.05) is 24.5 Å². The number of rotatable bonds is 0. The lowest BCUT2D eigenvalue weighted by Gasteiger charge is -1.76. The minimum Gasteiger partial charge on any atom is -0.482 e. The lowest BCUT2D eigenvalue weighted by atomic mass is 10.7. The molecule has 7 nitrogen and oxygen atoms in total. The number of aliphatic imine (C=N–C) groups is 1. The second kappa shape index (κ2) is 12.6. The van der Waals surface area contributed by atoms with Crippen molar-refractivity contribution in [2.75, 3.05) is 13.2 Å². The Morgan fingerprint density at radius 3 is 2.10 bits per heavy atom. The number of hydrogen-bond acceptors (Lipinski definition) is 6. The van der Waals surface area contributed by atoms with Crippen LogP contribution >= 0.6 is 0 Å². The van der Waals surface area contributed by atoms with Gasteiger partial charge in [-0.3, -0.25) is 4.99 Å². The van der Waals surface area contributed by atoms with Crippen LogP contribution in [0.1, 0.15) is 0 Å². The lowest BCUT2D eigenvalue weighted by molar-refractivity contribution is 0.361. The molecule has 0 aromatic carbocycles. The number of ether oxygens (including phenoxy) is 1. The SMILES string of the molecule is C1=NCCO1.c1cc[nH]c1.c1cnoc1.c1cocn1. The topological polar surface area (TPSA) is 89.4 Å². The van der Waals surface area contributed by atoms with Gasteiger partial charge in [0.15, 0.2) is 12.8 Å². The second-order valence-corrected chi connectivity index (χ2v) is 3.13. The molecule has 3 aromatic rings. The molecule has 3 aromatic heterocycles. The Labute approximate surface area is 116 Å². The highest BCUT2D eigenvalue weighted by Crippen LogP contribution is 1.78. The standard InChI is InChI=1S/C4H5N.C3H5NO.2C3H3NO/c1-2-4-5-3-1;2*1-2-5-3-4-1;1-2-4-5-3-1/h1-5H;3H,1-2H2;2*1-3H. The van der Waals surface area contributed by atoms with Crippen molar-refractivity contribution in [3.63, 3.8) is 0 Å². The summed E-state index contributed by atoms with van der Waals surface area (Å²) in [5.74, 6) is 0. The van der Waals surface area contributed by atoms with Crippen LogP contribution in [0.25, 0.3) is 0 Å². The van der Waals surface area contributed by atoms with Crippen molar-refractivity contribution in [1.29, 1.82) is 0 Å². The highest BCUT2D eigenvalue weighted by atomic mass is 16.5.